The Labute approximate surface area is 515 Å². The lowest BCUT2D eigenvalue weighted by Gasteiger charge is -2.32. The van der Waals surface area contributed by atoms with E-state index in [1.54, 1.807) is 248 Å². The Morgan fingerprint density at radius 2 is 0.677 bits per heavy atom. The fourth-order valence-corrected chi connectivity index (χ4v) is 28.7. The van der Waals surface area contributed by atoms with Crippen LogP contribution in [0.2, 0.25) is 0 Å². The number of hydrogen-bond donors (Lipinski definition) is 0. The van der Waals surface area contributed by atoms with Crippen LogP contribution in [0, 0.1) is 5.92 Å². The first-order valence-electron chi connectivity index (χ1n) is 34.2. The zero-order valence-corrected chi connectivity index (χ0v) is 49.5. The summed E-state index contributed by atoms with van der Waals surface area (Å²) in [4.78, 5) is 32.5. The maximum atomic E-state index is 16.8. The van der Waals surface area contributed by atoms with Crippen LogP contribution < -0.4 is 10.0 Å². The number of carbonyl (C=O) groups is 2. The van der Waals surface area contributed by atoms with Gasteiger partial charge in [-0.25, -0.2) is 4.58 Å². The largest absolute Gasteiger partial charge is 0.871 e. The van der Waals surface area contributed by atoms with Crippen molar-refractivity contribution in [3.8, 4) is 0 Å². The van der Waals surface area contributed by atoms with E-state index in [2.05, 4.69) is 11.9 Å². The van der Waals surface area contributed by atoms with Gasteiger partial charge in [-0.05, 0) is 368 Å². The Balaban J connectivity index is 0.595. The molecule has 0 aromatic heterocycles. The quantitative estimate of drug-likeness (QED) is 0.0449. The lowest BCUT2D eigenvalue weighted by molar-refractivity contribution is -0.462. The second-order valence-electron chi connectivity index (χ2n) is 32.2. The molecule has 412 valence electrons. The van der Waals surface area contributed by atoms with Crippen LogP contribution in [0.3, 0.4) is 0 Å². The van der Waals surface area contributed by atoms with E-state index in [-0.39, 0.29) is 34.6 Å². The molecule has 29 aromatic rings. The summed E-state index contributed by atoms with van der Waals surface area (Å²) in [7, 11) is 6.07. The number of anilines is 1. The van der Waals surface area contributed by atoms with Crippen LogP contribution in [-0.2, 0) is 25.2 Å². The normalized spacial score (nSPS) is 21.9. The highest BCUT2D eigenvalue weighted by molar-refractivity contribution is 6.82. The van der Waals surface area contributed by atoms with Crippen LogP contribution in [0.25, 0.3) is 296 Å². The zero-order valence-electron chi connectivity index (χ0n) is 49.5. The summed E-state index contributed by atoms with van der Waals surface area (Å²) in [5.41, 5.74) is 8.99. The third-order valence-electron chi connectivity index (χ3n) is 30.3. The van der Waals surface area contributed by atoms with Gasteiger partial charge in [-0.1, -0.05) is 24.3 Å². The third-order valence-corrected chi connectivity index (χ3v) is 30.3. The minimum absolute atomic E-state index is 0.0319. The fourth-order valence-electron chi connectivity index (χ4n) is 28.7. The van der Waals surface area contributed by atoms with Crippen LogP contribution in [0.15, 0.2) is 65.5 Å². The topological polar surface area (TPSA) is 72.7 Å². The fraction of sp³-hybridized carbons (Fsp3) is 0.138. The molecule has 6 nitrogen and oxygen atoms in total. The number of carbonyl (C=O) groups excluding carboxylic acids is 2. The first-order valence-corrected chi connectivity index (χ1v) is 34.2. The average molecular weight is 1170 g/mol. The maximum Gasteiger partial charge on any atom is 0.311 e. The second kappa shape index (κ2) is 10.2. The summed E-state index contributed by atoms with van der Waals surface area (Å²) in [5.74, 6) is -0.695. The van der Waals surface area contributed by atoms with Crippen LogP contribution >= 0.6 is 0 Å². The van der Waals surface area contributed by atoms with Crippen molar-refractivity contribution in [2.75, 3.05) is 39.2 Å². The summed E-state index contributed by atoms with van der Waals surface area (Å²) in [6.45, 7) is 1.29. The van der Waals surface area contributed by atoms with Gasteiger partial charge in [0.25, 0.3) is 0 Å². The van der Waals surface area contributed by atoms with Crippen molar-refractivity contribution in [1.29, 1.82) is 0 Å². The van der Waals surface area contributed by atoms with E-state index in [1.165, 1.54) is 65.3 Å². The molecule has 93 heavy (non-hydrogen) atoms. The van der Waals surface area contributed by atoms with E-state index in [9.17, 15) is 9.90 Å². The van der Waals surface area contributed by atoms with Crippen LogP contribution in [0.5, 0.6) is 0 Å². The van der Waals surface area contributed by atoms with Crippen molar-refractivity contribution in [1.82, 2.24) is 0 Å². The van der Waals surface area contributed by atoms with Crippen LogP contribution in [-0.4, -0.2) is 56.3 Å². The molecule has 29 aromatic carbocycles. The van der Waals surface area contributed by atoms with Gasteiger partial charge in [0.15, 0.2) is 11.5 Å². The zero-order chi connectivity index (χ0) is 58.0. The highest BCUT2D eigenvalue weighted by atomic mass is 16.5. The van der Waals surface area contributed by atoms with E-state index in [4.69, 9.17) is 4.74 Å². The number of nitrogens with zero attached hydrogens (tertiary/aromatic N) is 2. The molecule has 0 N–H and O–H groups in total. The summed E-state index contributed by atoms with van der Waals surface area (Å²) >= 11 is 0. The van der Waals surface area contributed by atoms with Gasteiger partial charge < -0.3 is 14.7 Å². The van der Waals surface area contributed by atoms with Gasteiger partial charge in [0.2, 0.25) is 0 Å². The van der Waals surface area contributed by atoms with Crippen molar-refractivity contribution in [2.24, 2.45) is 5.92 Å². The smallest absolute Gasteiger partial charge is 0.311 e. The number of unbranched alkanes of at least 4 members (excludes halogenated alkanes) is 3. The molecule has 36 rings (SSSR count). The Hall–Kier alpha value is -11.0. The molecule has 0 amide bonds. The Bertz CT molecular complexity index is 8070. The molecule has 0 heterocycles. The van der Waals surface area contributed by atoms with E-state index in [0.717, 1.165) is 43.6 Å². The number of rotatable bonds is 10. The number of ketones is 1. The van der Waals surface area contributed by atoms with Crippen molar-refractivity contribution in [3.05, 3.63) is 93.3 Å². The summed E-state index contributed by atoms with van der Waals surface area (Å²) in [5, 5.41) is 98.4. The van der Waals surface area contributed by atoms with Crippen molar-refractivity contribution >= 4 is 320 Å². The van der Waals surface area contributed by atoms with Gasteiger partial charge in [0.1, 0.15) is 14.1 Å². The predicted octanol–water partition coefficient (Wildman–Crippen LogP) is 19.0. The molecule has 0 saturated heterocycles. The molecular formula is C87H30N2O4. The first kappa shape index (κ1) is 40.0. The average Bonchev–Trinajstić information content (AvgIpc) is 1.37. The Morgan fingerprint density at radius 1 is 0.398 bits per heavy atom. The molecule has 1 saturated carbocycles. The first-order chi connectivity index (χ1) is 45.9. The SMILES string of the molecule is CN(CCCCCCOC(=O)C1C23c4c5c6c7c8c9c(c%10c%11c2c2c4c4c%12c5c5c6c6c8c8c%13c9c9c%10c%10c%11c%11c2c2c4c4c%12c%12c5c5c6c8c6c8c%13c9c9c%10c%10c%11c2c2c4c4c%12c5c6c5c8c9c%10c2c45)C713)c1ccc(C2=C([O-])C(=C3C=CC(=[N+](C)C)C=C3)C2=O)cc1. The van der Waals surface area contributed by atoms with Gasteiger partial charge in [-0.3, -0.25) is 9.59 Å². The van der Waals surface area contributed by atoms with E-state index in [1.807, 2.05) is 67.2 Å². The Kier molecular flexibility index (Phi) is 4.37. The molecule has 0 atom stereocenters. The van der Waals surface area contributed by atoms with Crippen molar-refractivity contribution in [2.45, 2.75) is 36.5 Å². The second-order valence-corrected chi connectivity index (χ2v) is 32.2. The molecule has 2 spiro atoms. The highest BCUT2D eigenvalue weighted by Crippen LogP contribution is 2.92. The van der Waals surface area contributed by atoms with Gasteiger partial charge in [0, 0.05) is 42.6 Å². The lowest BCUT2D eigenvalue weighted by atomic mass is 9.68. The molecule has 0 radical (unpaired) electrons. The van der Waals surface area contributed by atoms with E-state index >= 15 is 4.79 Å². The molecule has 7 aliphatic rings. The van der Waals surface area contributed by atoms with Gasteiger partial charge in [0.05, 0.1) is 23.4 Å². The van der Waals surface area contributed by atoms with Gasteiger partial charge in [-0.2, -0.15) is 0 Å². The maximum absolute atomic E-state index is 16.8. The minimum atomic E-state index is -0.569. The number of hydrogen-bond acceptors (Lipinski definition) is 5. The summed E-state index contributed by atoms with van der Waals surface area (Å²) < 4.78 is 9.11. The van der Waals surface area contributed by atoms with Crippen LogP contribution in [0.4, 0.5) is 5.69 Å². The molecular weight excluding hydrogens is 1140 g/mol. The number of Topliss-reactive ketones (excluding diaryl/α,β-unsaturated/α-hetero) is 1. The van der Waals surface area contributed by atoms with Crippen LogP contribution in [0.1, 0.15) is 53.5 Å². The number of allylic oxidation sites excluding steroid dienone is 7. The van der Waals surface area contributed by atoms with E-state index < -0.39 is 10.8 Å². The molecule has 7 aliphatic carbocycles. The summed E-state index contributed by atoms with van der Waals surface area (Å²) in [6, 6.07) is 7.90. The number of esters is 1. The number of ether oxygens (including phenoxy) is 1. The molecule has 1 fully saturated rings. The molecule has 0 unspecified atom stereocenters. The summed E-state index contributed by atoms with van der Waals surface area (Å²) in [6.07, 6.45) is 11.4. The Morgan fingerprint density at radius 3 is 0.957 bits per heavy atom. The lowest BCUT2D eigenvalue weighted by Crippen LogP contribution is -2.30. The molecule has 0 bridgehead atoms. The predicted molar refractivity (Wildman–Crippen MR) is 381 cm³/mol. The third kappa shape index (κ3) is 2.64. The van der Waals surface area contributed by atoms with E-state index in [0.29, 0.717) is 17.7 Å². The van der Waals surface area contributed by atoms with Gasteiger partial charge >= 0.3 is 5.97 Å². The molecule has 0 aliphatic heterocycles. The standard InChI is InChI=1S/C87H30N2O4/c1-88(2)20-12-8-18(9-13-20)22-82(90)23(83(22)91)19-10-14-21(15-11-19)89(3)16-6-4-5-7-17-93-85(92)84-86-78-70-62-52-42-34-26-24-25-28-32-30(26)38-46-40(32)50-44-36(28)37-29(25)33-31-27(24)35(34)43-49-39(31)47-41(33)51-45(37)55-54(44)64-58(50)68-60(46)66(56(62)48(38)42)74(78)76(68)80-72(64)73-65(55)59(51)69-61(47)67-57(49)63(53(43)52)71(70)79(86)75(67)77(69)81(73)87(80,84)86/h8-15,84H,4-7,16-17H2,1-3H3. The van der Waals surface area contributed by atoms with Gasteiger partial charge in [-0.15, -0.1) is 0 Å². The van der Waals surface area contributed by atoms with Crippen molar-refractivity contribution < 1.29 is 24.0 Å². The molecule has 6 heteroatoms. The van der Waals surface area contributed by atoms with Crippen molar-refractivity contribution in [3.63, 3.8) is 0 Å². The highest BCUT2D eigenvalue weighted by Gasteiger charge is 2.89. The minimum Gasteiger partial charge on any atom is -0.871 e. The monoisotopic (exact) mass is 1170 g/mol. The number of benzene rings is 19.